The molecule has 0 radical (unpaired) electrons. The Morgan fingerprint density at radius 3 is 2.89 bits per heavy atom. The molecule has 2 aliphatic heterocycles. The molecule has 1 aromatic rings. The van der Waals surface area contributed by atoms with Gasteiger partial charge >= 0.3 is 0 Å². The number of thiocarbonyl (C=S) groups is 1. The lowest BCUT2D eigenvalue weighted by molar-refractivity contribution is -0.115. The Balaban J connectivity index is 1.96. The SMILES string of the molecule is CC1Nc2ccccc2C1/C=C1\SC(=S)NC1=O. The van der Waals surface area contributed by atoms with E-state index in [2.05, 4.69) is 29.7 Å². The zero-order valence-corrected chi connectivity index (χ0v) is 11.4. The number of fused-ring (bicyclic) bond motifs is 1. The average molecular weight is 276 g/mol. The number of benzene rings is 1. The Kier molecular flexibility index (Phi) is 2.87. The van der Waals surface area contributed by atoms with E-state index in [0.29, 0.717) is 9.23 Å². The number of hydrogen-bond acceptors (Lipinski definition) is 4. The van der Waals surface area contributed by atoms with Crippen molar-refractivity contribution in [3.63, 3.8) is 0 Å². The normalized spacial score (nSPS) is 28.2. The monoisotopic (exact) mass is 276 g/mol. The van der Waals surface area contributed by atoms with Crippen molar-refractivity contribution in [3.8, 4) is 0 Å². The fourth-order valence-electron chi connectivity index (χ4n) is 2.36. The summed E-state index contributed by atoms with van der Waals surface area (Å²) in [6.45, 7) is 2.12. The molecule has 0 spiro atoms. The van der Waals surface area contributed by atoms with Crippen molar-refractivity contribution in [2.24, 2.45) is 0 Å². The van der Waals surface area contributed by atoms with Gasteiger partial charge in [-0.3, -0.25) is 4.79 Å². The van der Waals surface area contributed by atoms with Gasteiger partial charge in [0.05, 0.1) is 4.91 Å². The van der Waals surface area contributed by atoms with Crippen LogP contribution in [0.1, 0.15) is 18.4 Å². The second kappa shape index (κ2) is 4.40. The van der Waals surface area contributed by atoms with Gasteiger partial charge in [-0.15, -0.1) is 0 Å². The third-order valence-corrected chi connectivity index (χ3v) is 4.40. The highest BCUT2D eigenvalue weighted by atomic mass is 32.2. The number of para-hydroxylation sites is 1. The van der Waals surface area contributed by atoms with E-state index in [1.807, 2.05) is 18.2 Å². The van der Waals surface area contributed by atoms with Crippen LogP contribution < -0.4 is 10.6 Å². The summed E-state index contributed by atoms with van der Waals surface area (Å²) >= 11 is 6.34. The first-order chi connectivity index (χ1) is 8.65. The third kappa shape index (κ3) is 1.93. The van der Waals surface area contributed by atoms with Gasteiger partial charge in [-0.25, -0.2) is 0 Å². The van der Waals surface area contributed by atoms with Gasteiger partial charge in [0.1, 0.15) is 4.32 Å². The summed E-state index contributed by atoms with van der Waals surface area (Å²) in [7, 11) is 0. The largest absolute Gasteiger partial charge is 0.381 e. The van der Waals surface area contributed by atoms with E-state index in [9.17, 15) is 4.79 Å². The molecule has 0 saturated carbocycles. The van der Waals surface area contributed by atoms with E-state index in [-0.39, 0.29) is 17.9 Å². The van der Waals surface area contributed by atoms with Crippen molar-refractivity contribution >= 4 is 39.9 Å². The van der Waals surface area contributed by atoms with Crippen LogP contribution in [0.15, 0.2) is 35.2 Å². The Morgan fingerprint density at radius 1 is 1.39 bits per heavy atom. The maximum atomic E-state index is 11.7. The van der Waals surface area contributed by atoms with Gasteiger partial charge in [0.2, 0.25) is 0 Å². The predicted molar refractivity (Wildman–Crippen MR) is 78.7 cm³/mol. The molecule has 2 heterocycles. The first-order valence-corrected chi connectivity index (χ1v) is 6.98. The highest BCUT2D eigenvalue weighted by Crippen LogP contribution is 2.39. The number of rotatable bonds is 1. The fourth-order valence-corrected chi connectivity index (χ4v) is 3.42. The second-order valence-electron chi connectivity index (χ2n) is 4.42. The van der Waals surface area contributed by atoms with Crippen molar-refractivity contribution in [3.05, 3.63) is 40.8 Å². The molecule has 1 amide bonds. The molecule has 1 aromatic carbocycles. The van der Waals surface area contributed by atoms with Gasteiger partial charge in [0.15, 0.2) is 0 Å². The maximum Gasteiger partial charge on any atom is 0.263 e. The van der Waals surface area contributed by atoms with Crippen LogP contribution in [0.2, 0.25) is 0 Å². The van der Waals surface area contributed by atoms with E-state index < -0.39 is 0 Å². The van der Waals surface area contributed by atoms with Gasteiger partial charge < -0.3 is 10.6 Å². The van der Waals surface area contributed by atoms with Crippen molar-refractivity contribution < 1.29 is 4.79 Å². The van der Waals surface area contributed by atoms with Crippen molar-refractivity contribution in [2.75, 3.05) is 5.32 Å². The summed E-state index contributed by atoms with van der Waals surface area (Å²) in [5, 5.41) is 6.08. The number of carbonyl (C=O) groups is 1. The van der Waals surface area contributed by atoms with E-state index >= 15 is 0 Å². The molecule has 2 atom stereocenters. The molecule has 3 rings (SSSR count). The Hall–Kier alpha value is -1.33. The van der Waals surface area contributed by atoms with Crippen LogP contribution in [0.25, 0.3) is 0 Å². The predicted octanol–water partition coefficient (Wildman–Crippen LogP) is 2.62. The first kappa shape index (κ1) is 11.7. The molecule has 0 bridgehead atoms. The van der Waals surface area contributed by atoms with Gasteiger partial charge in [-0.2, -0.15) is 0 Å². The van der Waals surface area contributed by atoms with E-state index in [1.165, 1.54) is 17.3 Å². The van der Waals surface area contributed by atoms with Crippen LogP contribution in [0.3, 0.4) is 0 Å². The lowest BCUT2D eigenvalue weighted by atomic mass is 9.95. The second-order valence-corrected chi connectivity index (χ2v) is 6.14. The third-order valence-electron chi connectivity index (χ3n) is 3.21. The number of anilines is 1. The highest BCUT2D eigenvalue weighted by Gasteiger charge is 2.30. The number of amides is 1. The highest BCUT2D eigenvalue weighted by molar-refractivity contribution is 8.26. The Morgan fingerprint density at radius 2 is 2.17 bits per heavy atom. The molecule has 3 nitrogen and oxygen atoms in total. The molecular weight excluding hydrogens is 264 g/mol. The molecule has 18 heavy (non-hydrogen) atoms. The van der Waals surface area contributed by atoms with Crippen molar-refractivity contribution in [1.82, 2.24) is 5.32 Å². The zero-order valence-electron chi connectivity index (χ0n) is 9.77. The minimum absolute atomic E-state index is 0.0819. The van der Waals surface area contributed by atoms with E-state index in [0.717, 1.165) is 5.69 Å². The molecule has 2 aliphatic rings. The van der Waals surface area contributed by atoms with Crippen molar-refractivity contribution in [1.29, 1.82) is 0 Å². The summed E-state index contributed by atoms with van der Waals surface area (Å²) in [4.78, 5) is 12.4. The van der Waals surface area contributed by atoms with E-state index in [1.54, 1.807) is 0 Å². The van der Waals surface area contributed by atoms with Gasteiger partial charge in [-0.05, 0) is 18.6 Å². The molecule has 1 saturated heterocycles. The van der Waals surface area contributed by atoms with Crippen LogP contribution in [-0.4, -0.2) is 16.3 Å². The summed E-state index contributed by atoms with van der Waals surface area (Å²) in [6.07, 6.45) is 2.02. The number of nitrogens with one attached hydrogen (secondary N) is 2. The minimum Gasteiger partial charge on any atom is -0.381 e. The number of thioether (sulfide) groups is 1. The van der Waals surface area contributed by atoms with Gasteiger partial charge in [0.25, 0.3) is 5.91 Å². The average Bonchev–Trinajstić information content (AvgIpc) is 2.81. The summed E-state index contributed by atoms with van der Waals surface area (Å²) in [5.74, 6) is 0.136. The molecule has 92 valence electrons. The van der Waals surface area contributed by atoms with Crippen molar-refractivity contribution in [2.45, 2.75) is 18.9 Å². The summed E-state index contributed by atoms with van der Waals surface area (Å²) < 4.78 is 0.540. The van der Waals surface area contributed by atoms with Crippen LogP contribution >= 0.6 is 24.0 Å². The number of carbonyl (C=O) groups excluding carboxylic acids is 1. The summed E-state index contributed by atoms with van der Waals surface area (Å²) in [6, 6.07) is 8.49. The fraction of sp³-hybridized carbons (Fsp3) is 0.231. The van der Waals surface area contributed by atoms with Gasteiger partial charge in [-0.1, -0.05) is 48.3 Å². The van der Waals surface area contributed by atoms with Crippen LogP contribution in [0.5, 0.6) is 0 Å². The molecule has 1 fully saturated rings. The lowest BCUT2D eigenvalue weighted by Crippen LogP contribution is -2.19. The molecule has 0 aromatic heterocycles. The Bertz CT molecular complexity index is 568. The lowest BCUT2D eigenvalue weighted by Gasteiger charge is -2.11. The molecular formula is C13H12N2OS2. The molecule has 5 heteroatoms. The minimum atomic E-state index is -0.0819. The summed E-state index contributed by atoms with van der Waals surface area (Å²) in [5.41, 5.74) is 2.39. The van der Waals surface area contributed by atoms with Crippen LogP contribution in [-0.2, 0) is 4.79 Å². The molecule has 2 unspecified atom stereocenters. The molecule has 0 aliphatic carbocycles. The maximum absolute atomic E-state index is 11.7. The quantitative estimate of drug-likeness (QED) is 0.611. The standard InChI is InChI=1S/C13H12N2OS2/c1-7-9(6-11-12(16)15-13(17)18-11)8-4-2-3-5-10(8)14-7/h2-7,9,14H,1H3,(H,15,16,17)/b11-6-. The Labute approximate surface area is 115 Å². The number of hydrogen-bond donors (Lipinski definition) is 2. The van der Waals surface area contributed by atoms with Crippen LogP contribution in [0.4, 0.5) is 5.69 Å². The topological polar surface area (TPSA) is 41.1 Å². The van der Waals surface area contributed by atoms with E-state index in [4.69, 9.17) is 12.2 Å². The van der Waals surface area contributed by atoms with Gasteiger partial charge in [0, 0.05) is 17.6 Å². The zero-order chi connectivity index (χ0) is 12.7. The first-order valence-electron chi connectivity index (χ1n) is 5.75. The smallest absolute Gasteiger partial charge is 0.263 e. The van der Waals surface area contributed by atoms with Crippen LogP contribution in [0, 0.1) is 0 Å². The molecule has 2 N–H and O–H groups in total.